The normalized spacial score (nSPS) is 14.7. The van der Waals surface area contributed by atoms with E-state index in [1.165, 1.54) is 30.4 Å². The largest absolute Gasteiger partial charge is 0.207 e. The first-order chi connectivity index (χ1) is 7.29. The minimum atomic E-state index is -0.112. The third-order valence-electron chi connectivity index (χ3n) is 3.05. The van der Waals surface area contributed by atoms with Crippen LogP contribution in [0.2, 0.25) is 0 Å². The molecule has 0 radical (unpaired) electrons. The Morgan fingerprint density at radius 1 is 1.27 bits per heavy atom. The first-order valence-corrected chi connectivity index (χ1v) is 5.75. The Morgan fingerprint density at radius 2 is 2.13 bits per heavy atom. The van der Waals surface area contributed by atoms with Crippen molar-refractivity contribution in [3.8, 4) is 0 Å². The molecule has 2 rings (SSSR count). The second kappa shape index (κ2) is 4.61. The average Bonchev–Trinajstić information content (AvgIpc) is 2.26. The molecule has 0 nitrogen and oxygen atoms in total. The number of fused-ring (bicyclic) bond motifs is 1. The predicted octanol–water partition coefficient (Wildman–Crippen LogP) is 4.04. The van der Waals surface area contributed by atoms with Crippen LogP contribution in [0.1, 0.15) is 37.3 Å². The van der Waals surface area contributed by atoms with Crippen LogP contribution in [-0.2, 0) is 12.8 Å². The predicted molar refractivity (Wildman–Crippen MR) is 61.4 cm³/mol. The van der Waals surface area contributed by atoms with E-state index in [1.807, 2.05) is 6.07 Å². The summed E-state index contributed by atoms with van der Waals surface area (Å²) in [5, 5.41) is 0. The molecule has 0 heterocycles. The molecule has 0 N–H and O–H groups in total. The quantitative estimate of drug-likeness (QED) is 0.652. The third-order valence-corrected chi connectivity index (χ3v) is 3.05. The molecule has 1 aliphatic rings. The summed E-state index contributed by atoms with van der Waals surface area (Å²) in [5.74, 6) is -0.112. The number of allylic oxidation sites excluding steroid dienone is 2. The summed E-state index contributed by atoms with van der Waals surface area (Å²) >= 11 is 0. The van der Waals surface area contributed by atoms with Crippen molar-refractivity contribution >= 4 is 0 Å². The summed E-state index contributed by atoms with van der Waals surface area (Å²) in [5.41, 5.74) is 4.00. The molecular weight excluding hydrogens is 187 g/mol. The van der Waals surface area contributed by atoms with Crippen LogP contribution in [0.4, 0.5) is 4.39 Å². The van der Waals surface area contributed by atoms with Gasteiger partial charge in [0.2, 0.25) is 0 Å². The van der Waals surface area contributed by atoms with Gasteiger partial charge in [-0.1, -0.05) is 31.1 Å². The van der Waals surface area contributed by atoms with Crippen LogP contribution in [0.15, 0.2) is 29.8 Å². The molecule has 1 aliphatic carbocycles. The van der Waals surface area contributed by atoms with Crippen molar-refractivity contribution < 1.29 is 4.39 Å². The van der Waals surface area contributed by atoms with Crippen LogP contribution in [0, 0.1) is 5.82 Å². The summed E-state index contributed by atoms with van der Waals surface area (Å²) in [6.07, 6.45) is 7.92. The van der Waals surface area contributed by atoms with Crippen LogP contribution in [0.25, 0.3) is 0 Å². The zero-order valence-electron chi connectivity index (χ0n) is 9.22. The van der Waals surface area contributed by atoms with E-state index >= 15 is 0 Å². The molecule has 0 saturated heterocycles. The number of rotatable bonds is 3. The van der Waals surface area contributed by atoms with Gasteiger partial charge in [-0.2, -0.15) is 0 Å². The van der Waals surface area contributed by atoms with Crippen LogP contribution >= 0.6 is 0 Å². The first-order valence-electron chi connectivity index (χ1n) is 5.75. The Kier molecular flexibility index (Phi) is 3.20. The fraction of sp³-hybridized carbons (Fsp3) is 0.429. The highest BCUT2D eigenvalue weighted by Crippen LogP contribution is 2.24. The zero-order chi connectivity index (χ0) is 10.7. The standard InChI is InChI=1S/C14H17F/c1-2-3-4-11-5-6-13-10-14(15)8-7-12(13)9-11/h5,7-8,10H,2-4,6,9H2,1H3. The number of halogens is 1. The number of benzene rings is 1. The molecule has 1 heteroatoms. The Balaban J connectivity index is 2.09. The highest BCUT2D eigenvalue weighted by molar-refractivity contribution is 5.37. The van der Waals surface area contributed by atoms with E-state index in [1.54, 1.807) is 12.1 Å². The van der Waals surface area contributed by atoms with Crippen LogP contribution in [0.5, 0.6) is 0 Å². The van der Waals surface area contributed by atoms with Crippen molar-refractivity contribution in [2.45, 2.75) is 39.0 Å². The van der Waals surface area contributed by atoms with Gasteiger partial charge in [0, 0.05) is 0 Å². The molecule has 0 saturated carbocycles. The SMILES string of the molecule is CCCCC1=CCc2cc(F)ccc2C1. The molecule has 0 fully saturated rings. The smallest absolute Gasteiger partial charge is 0.123 e. The van der Waals surface area contributed by atoms with Gasteiger partial charge in [0.05, 0.1) is 0 Å². The fourth-order valence-corrected chi connectivity index (χ4v) is 2.12. The van der Waals surface area contributed by atoms with Gasteiger partial charge in [0.25, 0.3) is 0 Å². The van der Waals surface area contributed by atoms with E-state index in [-0.39, 0.29) is 5.82 Å². The van der Waals surface area contributed by atoms with Crippen LogP contribution in [-0.4, -0.2) is 0 Å². The van der Waals surface area contributed by atoms with Gasteiger partial charge in [0.1, 0.15) is 5.82 Å². The van der Waals surface area contributed by atoms with E-state index in [0.29, 0.717) is 0 Å². The van der Waals surface area contributed by atoms with E-state index < -0.39 is 0 Å². The highest BCUT2D eigenvalue weighted by atomic mass is 19.1. The van der Waals surface area contributed by atoms with Crippen molar-refractivity contribution in [2.75, 3.05) is 0 Å². The van der Waals surface area contributed by atoms with E-state index in [2.05, 4.69) is 13.0 Å². The maximum atomic E-state index is 13.0. The molecule has 0 aliphatic heterocycles. The van der Waals surface area contributed by atoms with Gasteiger partial charge in [0.15, 0.2) is 0 Å². The van der Waals surface area contributed by atoms with Crippen molar-refractivity contribution in [2.24, 2.45) is 0 Å². The van der Waals surface area contributed by atoms with E-state index in [4.69, 9.17) is 0 Å². The van der Waals surface area contributed by atoms with Crippen LogP contribution in [0.3, 0.4) is 0 Å². The van der Waals surface area contributed by atoms with E-state index in [0.717, 1.165) is 18.4 Å². The van der Waals surface area contributed by atoms with Crippen molar-refractivity contribution in [3.63, 3.8) is 0 Å². The summed E-state index contributed by atoms with van der Waals surface area (Å²) < 4.78 is 13.0. The maximum Gasteiger partial charge on any atom is 0.123 e. The molecule has 1 aromatic carbocycles. The summed E-state index contributed by atoms with van der Waals surface area (Å²) in [4.78, 5) is 0. The number of hydrogen-bond acceptors (Lipinski definition) is 0. The summed E-state index contributed by atoms with van der Waals surface area (Å²) in [7, 11) is 0. The van der Waals surface area contributed by atoms with Gasteiger partial charge in [-0.25, -0.2) is 4.39 Å². The summed E-state index contributed by atoms with van der Waals surface area (Å²) in [6, 6.07) is 5.17. The lowest BCUT2D eigenvalue weighted by Crippen LogP contribution is -2.03. The van der Waals surface area contributed by atoms with Gasteiger partial charge in [-0.05, 0) is 48.9 Å². The minimum absolute atomic E-state index is 0.112. The van der Waals surface area contributed by atoms with Gasteiger partial charge >= 0.3 is 0 Å². The lowest BCUT2D eigenvalue weighted by Gasteiger charge is -2.16. The van der Waals surface area contributed by atoms with Gasteiger partial charge in [-0.3, -0.25) is 0 Å². The molecule has 0 spiro atoms. The molecular formula is C14H17F. The molecule has 0 aromatic heterocycles. The molecule has 0 amide bonds. The van der Waals surface area contributed by atoms with E-state index in [9.17, 15) is 4.39 Å². The van der Waals surface area contributed by atoms with Crippen molar-refractivity contribution in [3.05, 3.63) is 46.8 Å². The van der Waals surface area contributed by atoms with Crippen LogP contribution < -0.4 is 0 Å². The lowest BCUT2D eigenvalue weighted by molar-refractivity contribution is 0.624. The van der Waals surface area contributed by atoms with Crippen molar-refractivity contribution in [1.82, 2.24) is 0 Å². The molecule has 0 unspecified atom stereocenters. The monoisotopic (exact) mass is 204 g/mol. The Morgan fingerprint density at radius 3 is 2.93 bits per heavy atom. The Labute approximate surface area is 90.8 Å². The second-order valence-electron chi connectivity index (χ2n) is 4.26. The second-order valence-corrected chi connectivity index (χ2v) is 4.26. The molecule has 0 bridgehead atoms. The Hall–Kier alpha value is -1.11. The third kappa shape index (κ3) is 2.47. The maximum absolute atomic E-state index is 13.0. The minimum Gasteiger partial charge on any atom is -0.207 e. The first kappa shape index (κ1) is 10.4. The average molecular weight is 204 g/mol. The lowest BCUT2D eigenvalue weighted by atomic mass is 9.89. The zero-order valence-corrected chi connectivity index (χ0v) is 9.22. The topological polar surface area (TPSA) is 0 Å². The molecule has 80 valence electrons. The number of unbranched alkanes of at least 4 members (excludes halogenated alkanes) is 1. The molecule has 0 atom stereocenters. The highest BCUT2D eigenvalue weighted by Gasteiger charge is 2.10. The molecule has 1 aromatic rings. The van der Waals surface area contributed by atoms with Gasteiger partial charge in [-0.15, -0.1) is 0 Å². The summed E-state index contributed by atoms with van der Waals surface area (Å²) in [6.45, 7) is 2.21. The number of hydrogen-bond donors (Lipinski definition) is 0. The molecule has 15 heavy (non-hydrogen) atoms. The van der Waals surface area contributed by atoms with Gasteiger partial charge < -0.3 is 0 Å². The Bertz CT molecular complexity index is 377. The van der Waals surface area contributed by atoms with Crippen molar-refractivity contribution in [1.29, 1.82) is 0 Å². The fourth-order valence-electron chi connectivity index (χ4n) is 2.12.